The average molecular weight is 552 g/mol. The molecule has 0 aromatic carbocycles. The second-order valence-corrected chi connectivity index (χ2v) is 13.1. The van der Waals surface area contributed by atoms with Crippen LogP contribution >= 0.6 is 0 Å². The zero-order valence-corrected chi connectivity index (χ0v) is 26.3. The van der Waals surface area contributed by atoms with E-state index in [2.05, 4.69) is 11.2 Å². The van der Waals surface area contributed by atoms with Crippen LogP contribution in [0.4, 0.5) is 0 Å². The van der Waals surface area contributed by atoms with Gasteiger partial charge in [-0.25, -0.2) is 9.59 Å². The lowest BCUT2D eigenvalue weighted by atomic mass is 10.0. The van der Waals surface area contributed by atoms with Crippen LogP contribution in [0.15, 0.2) is 0 Å². The maximum atomic E-state index is 12.5. The van der Waals surface area contributed by atoms with Crippen molar-refractivity contribution in [3.8, 4) is 12.3 Å². The number of hydrogen-bond acceptors (Lipinski definition) is 5. The third kappa shape index (κ3) is 24.7. The van der Waals surface area contributed by atoms with E-state index in [-0.39, 0.29) is 35.4 Å². The van der Waals surface area contributed by atoms with Crippen LogP contribution in [0.25, 0.3) is 0 Å². The molecule has 0 fully saturated rings. The Hall–Kier alpha value is -2.07. The van der Waals surface area contributed by atoms with E-state index in [1.807, 2.05) is 48.6 Å². The largest absolute Gasteiger partial charge is 0.456 e. The van der Waals surface area contributed by atoms with Crippen LogP contribution in [-0.4, -0.2) is 66.8 Å². The van der Waals surface area contributed by atoms with E-state index in [9.17, 15) is 14.4 Å². The molecule has 0 radical (unpaired) electrons. The van der Waals surface area contributed by atoms with E-state index < -0.39 is 11.2 Å². The third-order valence-corrected chi connectivity index (χ3v) is 6.28. The molecule has 0 aromatic heterocycles. The van der Waals surface area contributed by atoms with Crippen molar-refractivity contribution in [1.29, 1.82) is 0 Å². The maximum absolute atomic E-state index is 12.5. The molecule has 226 valence electrons. The van der Waals surface area contributed by atoms with Gasteiger partial charge in [-0.05, 0) is 54.4 Å². The number of nitrogens with zero attached hydrogens (tertiary/aromatic N) is 1. The number of hydrogen-bond donors (Lipinski definition) is 1. The summed E-state index contributed by atoms with van der Waals surface area (Å²) in [5, 5.41) is 2.99. The van der Waals surface area contributed by atoms with Gasteiger partial charge in [0, 0.05) is 25.8 Å². The van der Waals surface area contributed by atoms with Gasteiger partial charge in [0.05, 0.1) is 13.6 Å². The van der Waals surface area contributed by atoms with Gasteiger partial charge in [-0.1, -0.05) is 57.8 Å². The van der Waals surface area contributed by atoms with Crippen LogP contribution in [0, 0.1) is 12.3 Å². The zero-order valence-electron chi connectivity index (χ0n) is 26.3. The summed E-state index contributed by atoms with van der Waals surface area (Å²) in [6.07, 6.45) is 20.7. The lowest BCUT2D eigenvalue weighted by Gasteiger charge is -2.34. The van der Waals surface area contributed by atoms with Crippen LogP contribution < -0.4 is 5.32 Å². The molecule has 0 saturated heterocycles. The molecule has 1 amide bonds. The zero-order chi connectivity index (χ0) is 29.8. The van der Waals surface area contributed by atoms with Crippen LogP contribution in [0.3, 0.4) is 0 Å². The normalized spacial score (nSPS) is 12.1. The number of ether oxygens (including phenoxy) is 2. The van der Waals surface area contributed by atoms with Crippen molar-refractivity contribution in [3.63, 3.8) is 0 Å². The Bertz CT molecular complexity index is 713. The highest BCUT2D eigenvalue weighted by Gasteiger charge is 2.33. The monoisotopic (exact) mass is 551 g/mol. The molecule has 0 bridgehead atoms. The van der Waals surface area contributed by atoms with Crippen LogP contribution in [0.2, 0.25) is 0 Å². The molecule has 0 aromatic rings. The number of nitrogens with one attached hydrogen (secondary N) is 1. The summed E-state index contributed by atoms with van der Waals surface area (Å²) in [6, 6.07) is 0. The summed E-state index contributed by atoms with van der Waals surface area (Å²) in [4.78, 5) is 37.3. The molecule has 0 aliphatic carbocycles. The number of esters is 2. The number of carbonyl (C=O) groups excluding carboxylic acids is 3. The van der Waals surface area contributed by atoms with Gasteiger partial charge in [-0.3, -0.25) is 4.79 Å². The molecular weight excluding hydrogens is 492 g/mol. The topological polar surface area (TPSA) is 81.7 Å². The number of unbranched alkanes of at least 4 members (excludes halogenated alkanes) is 11. The predicted octanol–water partition coefficient (Wildman–Crippen LogP) is 6.33. The van der Waals surface area contributed by atoms with Crippen LogP contribution in [0.5, 0.6) is 0 Å². The second kappa shape index (κ2) is 19.9. The Morgan fingerprint density at radius 1 is 0.692 bits per heavy atom. The Labute approximate surface area is 239 Å². The molecule has 0 spiro atoms. The number of likely N-dealkylation sites (N-methyl/N-ethyl adjacent to an activating group) is 1. The summed E-state index contributed by atoms with van der Waals surface area (Å²) in [5.41, 5.74) is -1.19. The first-order valence-electron chi connectivity index (χ1n) is 15.1. The number of amides is 1. The van der Waals surface area contributed by atoms with Gasteiger partial charge in [0.15, 0.2) is 13.1 Å². The maximum Gasteiger partial charge on any atom is 0.362 e. The Balaban J connectivity index is 4.20. The fourth-order valence-electron chi connectivity index (χ4n) is 4.47. The molecule has 0 aliphatic heterocycles. The van der Waals surface area contributed by atoms with E-state index in [1.54, 1.807) is 0 Å². The number of terminal acetylenes is 1. The highest BCUT2D eigenvalue weighted by molar-refractivity contribution is 5.75. The summed E-state index contributed by atoms with van der Waals surface area (Å²) in [6.45, 7) is 12.1. The standard InChI is InChI=1S/C32H58N2O5/c1-9-10-11-12-13-14-15-16-17-18-19-20-21-23-28(35)33-24-22-25-34(8,26-29(36)38-31(2,3)4)27-30(37)39-32(5,6)7/h1H,10-27H2,2-8H3/p+1. The Morgan fingerprint density at radius 2 is 1.10 bits per heavy atom. The third-order valence-electron chi connectivity index (χ3n) is 6.28. The molecule has 39 heavy (non-hydrogen) atoms. The summed E-state index contributed by atoms with van der Waals surface area (Å²) >= 11 is 0. The fourth-order valence-corrected chi connectivity index (χ4v) is 4.47. The molecule has 0 atom stereocenters. The van der Waals surface area contributed by atoms with Gasteiger partial charge in [0.1, 0.15) is 11.2 Å². The van der Waals surface area contributed by atoms with Gasteiger partial charge >= 0.3 is 11.9 Å². The lowest BCUT2D eigenvalue weighted by Crippen LogP contribution is -2.53. The molecule has 0 saturated carbocycles. The van der Waals surface area contributed by atoms with Gasteiger partial charge in [0.25, 0.3) is 0 Å². The van der Waals surface area contributed by atoms with E-state index >= 15 is 0 Å². The highest BCUT2D eigenvalue weighted by Crippen LogP contribution is 2.15. The van der Waals surface area contributed by atoms with Crippen molar-refractivity contribution in [2.45, 2.75) is 143 Å². The molecule has 7 heteroatoms. The number of quaternary nitrogens is 1. The van der Waals surface area contributed by atoms with Crippen molar-refractivity contribution in [2.24, 2.45) is 0 Å². The average Bonchev–Trinajstić information content (AvgIpc) is 2.77. The lowest BCUT2D eigenvalue weighted by molar-refractivity contribution is -0.895. The first kappa shape index (κ1) is 36.9. The van der Waals surface area contributed by atoms with Gasteiger partial charge in [0.2, 0.25) is 5.91 Å². The van der Waals surface area contributed by atoms with Crippen molar-refractivity contribution in [3.05, 3.63) is 0 Å². The predicted molar refractivity (Wildman–Crippen MR) is 159 cm³/mol. The van der Waals surface area contributed by atoms with Crippen molar-refractivity contribution >= 4 is 17.8 Å². The minimum atomic E-state index is -0.593. The summed E-state index contributed by atoms with van der Waals surface area (Å²) < 4.78 is 11.2. The van der Waals surface area contributed by atoms with E-state index in [0.717, 1.165) is 25.7 Å². The first-order valence-corrected chi connectivity index (χ1v) is 15.1. The molecule has 1 N–H and O–H groups in total. The highest BCUT2D eigenvalue weighted by atomic mass is 16.6. The molecule has 0 aliphatic rings. The minimum Gasteiger partial charge on any atom is -0.456 e. The SMILES string of the molecule is C#CCCCCCCCCCCCCCC(=O)NCCC[N+](C)(CC(=O)OC(C)(C)C)CC(=O)OC(C)(C)C. The van der Waals surface area contributed by atoms with Crippen molar-refractivity contribution in [1.82, 2.24) is 5.32 Å². The van der Waals surface area contributed by atoms with Crippen molar-refractivity contribution < 1.29 is 28.3 Å². The van der Waals surface area contributed by atoms with E-state index in [1.165, 1.54) is 51.4 Å². The summed E-state index contributed by atoms with van der Waals surface area (Å²) in [5.74, 6) is 2.05. The Kier molecular flexibility index (Phi) is 18.8. The molecule has 0 rings (SSSR count). The van der Waals surface area contributed by atoms with E-state index in [0.29, 0.717) is 25.9 Å². The number of carbonyl (C=O) groups is 3. The van der Waals surface area contributed by atoms with Crippen molar-refractivity contribution in [2.75, 3.05) is 33.2 Å². The summed E-state index contributed by atoms with van der Waals surface area (Å²) in [7, 11) is 1.86. The molecule has 0 unspecified atom stereocenters. The number of rotatable bonds is 21. The van der Waals surface area contributed by atoms with Gasteiger partial charge in [-0.2, -0.15) is 0 Å². The molecule has 7 nitrogen and oxygen atoms in total. The van der Waals surface area contributed by atoms with Gasteiger partial charge in [-0.15, -0.1) is 12.3 Å². The smallest absolute Gasteiger partial charge is 0.362 e. The van der Waals surface area contributed by atoms with Crippen LogP contribution in [0.1, 0.15) is 131 Å². The van der Waals surface area contributed by atoms with Gasteiger partial charge < -0.3 is 19.3 Å². The quantitative estimate of drug-likeness (QED) is 0.0780. The first-order chi connectivity index (χ1) is 18.2. The molecule has 0 heterocycles. The van der Waals surface area contributed by atoms with Crippen LogP contribution in [-0.2, 0) is 23.9 Å². The molecular formula is C32H59N2O5+. The second-order valence-electron chi connectivity index (χ2n) is 13.1. The fraction of sp³-hybridized carbons (Fsp3) is 0.844. The van der Waals surface area contributed by atoms with E-state index in [4.69, 9.17) is 15.9 Å². The minimum absolute atomic E-state index is 0.0633. The Morgan fingerprint density at radius 3 is 1.51 bits per heavy atom.